The summed E-state index contributed by atoms with van der Waals surface area (Å²) in [6.07, 6.45) is 1.19. The van der Waals surface area contributed by atoms with Gasteiger partial charge in [-0.15, -0.1) is 0 Å². The monoisotopic (exact) mass is 324 g/mol. The molecule has 0 aliphatic carbocycles. The van der Waals surface area contributed by atoms with Crippen LogP contribution in [0.1, 0.15) is 18.4 Å². The van der Waals surface area contributed by atoms with Crippen LogP contribution in [-0.4, -0.2) is 20.8 Å². The standard InChI is InChI=1S/C19H20N2O3/c22-15(11-10-14-6-2-1-3-7-14)12-13-21-18(23)16-8-4-5-9-17(16)20-19(21)24/h1-9,15,22H,10-13H2,(H,20,24). The van der Waals surface area contributed by atoms with Gasteiger partial charge in [0.05, 0.1) is 17.0 Å². The lowest BCUT2D eigenvalue weighted by Crippen LogP contribution is -2.36. The molecule has 0 spiro atoms. The van der Waals surface area contributed by atoms with Gasteiger partial charge < -0.3 is 10.1 Å². The Balaban J connectivity index is 1.67. The molecule has 1 unspecified atom stereocenters. The van der Waals surface area contributed by atoms with E-state index in [9.17, 15) is 14.7 Å². The van der Waals surface area contributed by atoms with Gasteiger partial charge in [0.25, 0.3) is 5.56 Å². The summed E-state index contributed by atoms with van der Waals surface area (Å²) in [5, 5.41) is 10.6. The maximum Gasteiger partial charge on any atom is 0.328 e. The number of rotatable bonds is 6. The molecule has 0 aliphatic rings. The third kappa shape index (κ3) is 3.63. The molecule has 0 fully saturated rings. The van der Waals surface area contributed by atoms with Crippen LogP contribution in [0.4, 0.5) is 0 Å². The largest absolute Gasteiger partial charge is 0.393 e. The highest BCUT2D eigenvalue weighted by atomic mass is 16.3. The van der Waals surface area contributed by atoms with Gasteiger partial charge in [-0.1, -0.05) is 42.5 Å². The molecule has 24 heavy (non-hydrogen) atoms. The van der Waals surface area contributed by atoms with Crippen molar-refractivity contribution >= 4 is 10.9 Å². The van der Waals surface area contributed by atoms with Crippen LogP contribution in [0.5, 0.6) is 0 Å². The van der Waals surface area contributed by atoms with E-state index in [1.807, 2.05) is 30.3 Å². The molecule has 124 valence electrons. The summed E-state index contributed by atoms with van der Waals surface area (Å²) >= 11 is 0. The lowest BCUT2D eigenvalue weighted by Gasteiger charge is -2.12. The summed E-state index contributed by atoms with van der Waals surface area (Å²) in [5.74, 6) is 0. The SMILES string of the molecule is O=c1[nH]c2ccccc2c(=O)n1CCC(O)CCc1ccccc1. The number of hydrogen-bond donors (Lipinski definition) is 2. The van der Waals surface area contributed by atoms with Crippen molar-refractivity contribution in [1.29, 1.82) is 0 Å². The fraction of sp³-hybridized carbons (Fsp3) is 0.263. The van der Waals surface area contributed by atoms with Gasteiger partial charge in [0.1, 0.15) is 0 Å². The number of nitrogens with zero attached hydrogens (tertiary/aromatic N) is 1. The molecule has 1 atom stereocenters. The number of aromatic nitrogens is 2. The molecule has 1 heterocycles. The van der Waals surface area contributed by atoms with Gasteiger partial charge >= 0.3 is 5.69 Å². The zero-order chi connectivity index (χ0) is 16.9. The molecule has 3 rings (SSSR count). The van der Waals surface area contributed by atoms with Gasteiger partial charge in [-0.05, 0) is 37.0 Å². The van der Waals surface area contributed by atoms with E-state index in [4.69, 9.17) is 0 Å². The molecule has 0 radical (unpaired) electrons. The average Bonchev–Trinajstić information content (AvgIpc) is 2.60. The summed E-state index contributed by atoms with van der Waals surface area (Å²) in [4.78, 5) is 27.2. The van der Waals surface area contributed by atoms with Crippen LogP contribution < -0.4 is 11.2 Å². The smallest absolute Gasteiger partial charge is 0.328 e. The number of fused-ring (bicyclic) bond motifs is 1. The van der Waals surface area contributed by atoms with E-state index < -0.39 is 11.8 Å². The molecular weight excluding hydrogens is 304 g/mol. The Morgan fingerprint density at radius 2 is 1.67 bits per heavy atom. The fourth-order valence-electron chi connectivity index (χ4n) is 2.80. The number of H-pyrrole nitrogens is 1. The molecule has 0 saturated carbocycles. The van der Waals surface area contributed by atoms with E-state index in [0.29, 0.717) is 23.7 Å². The molecule has 1 aromatic heterocycles. The van der Waals surface area contributed by atoms with Crippen LogP contribution in [0.3, 0.4) is 0 Å². The zero-order valence-electron chi connectivity index (χ0n) is 13.3. The van der Waals surface area contributed by atoms with Crippen molar-refractivity contribution < 1.29 is 5.11 Å². The molecule has 0 bridgehead atoms. The van der Waals surface area contributed by atoms with Gasteiger partial charge in [0.2, 0.25) is 0 Å². The minimum absolute atomic E-state index is 0.203. The summed E-state index contributed by atoms with van der Waals surface area (Å²) in [6, 6.07) is 16.9. The average molecular weight is 324 g/mol. The van der Waals surface area contributed by atoms with Crippen LogP contribution in [0, 0.1) is 0 Å². The first-order valence-corrected chi connectivity index (χ1v) is 8.09. The Morgan fingerprint density at radius 1 is 0.958 bits per heavy atom. The lowest BCUT2D eigenvalue weighted by molar-refractivity contribution is 0.148. The van der Waals surface area contributed by atoms with Crippen LogP contribution in [0.15, 0.2) is 64.2 Å². The van der Waals surface area contributed by atoms with Crippen molar-refractivity contribution in [2.75, 3.05) is 0 Å². The van der Waals surface area contributed by atoms with Crippen LogP contribution in [0.25, 0.3) is 10.9 Å². The van der Waals surface area contributed by atoms with Crippen LogP contribution in [0.2, 0.25) is 0 Å². The van der Waals surface area contributed by atoms with Gasteiger partial charge in [0.15, 0.2) is 0 Å². The van der Waals surface area contributed by atoms with E-state index in [1.165, 1.54) is 0 Å². The Bertz CT molecular complexity index is 928. The third-order valence-electron chi connectivity index (χ3n) is 4.18. The highest BCUT2D eigenvalue weighted by Gasteiger charge is 2.10. The molecule has 2 N–H and O–H groups in total. The Labute approximate surface area is 139 Å². The van der Waals surface area contributed by atoms with Crippen molar-refractivity contribution in [1.82, 2.24) is 9.55 Å². The second-order valence-electron chi connectivity index (χ2n) is 5.90. The number of hydrogen-bond acceptors (Lipinski definition) is 3. The molecule has 3 aromatic rings. The van der Waals surface area contributed by atoms with Crippen LogP contribution >= 0.6 is 0 Å². The lowest BCUT2D eigenvalue weighted by atomic mass is 10.1. The van der Waals surface area contributed by atoms with Crippen LogP contribution in [-0.2, 0) is 13.0 Å². The Morgan fingerprint density at radius 3 is 2.46 bits per heavy atom. The van der Waals surface area contributed by atoms with E-state index in [0.717, 1.165) is 16.6 Å². The van der Waals surface area contributed by atoms with E-state index in [1.54, 1.807) is 24.3 Å². The summed E-state index contributed by atoms with van der Waals surface area (Å²) in [6.45, 7) is 0.203. The number of aryl methyl sites for hydroxylation is 1. The predicted molar refractivity (Wildman–Crippen MR) is 94.2 cm³/mol. The molecule has 0 saturated heterocycles. The van der Waals surface area contributed by atoms with Crippen molar-refractivity contribution in [3.63, 3.8) is 0 Å². The highest BCUT2D eigenvalue weighted by Crippen LogP contribution is 2.08. The number of aromatic amines is 1. The number of para-hydroxylation sites is 1. The van der Waals surface area contributed by atoms with Gasteiger partial charge in [0, 0.05) is 6.54 Å². The maximum atomic E-state index is 12.4. The first-order chi connectivity index (χ1) is 11.6. The molecule has 0 aliphatic heterocycles. The van der Waals surface area contributed by atoms with Gasteiger partial charge in [-0.3, -0.25) is 9.36 Å². The molecule has 5 heteroatoms. The van der Waals surface area contributed by atoms with E-state index in [2.05, 4.69) is 4.98 Å². The number of benzene rings is 2. The zero-order valence-corrected chi connectivity index (χ0v) is 13.3. The number of aliphatic hydroxyl groups excluding tert-OH is 1. The first kappa shape index (κ1) is 16.2. The van der Waals surface area contributed by atoms with E-state index in [-0.39, 0.29) is 12.1 Å². The molecule has 2 aromatic carbocycles. The maximum absolute atomic E-state index is 12.4. The van der Waals surface area contributed by atoms with Crippen molar-refractivity contribution in [2.45, 2.75) is 31.9 Å². The minimum atomic E-state index is -0.553. The third-order valence-corrected chi connectivity index (χ3v) is 4.18. The normalized spacial score (nSPS) is 12.4. The minimum Gasteiger partial charge on any atom is -0.393 e. The first-order valence-electron chi connectivity index (χ1n) is 8.09. The second-order valence-corrected chi connectivity index (χ2v) is 5.90. The second kappa shape index (κ2) is 7.27. The number of nitrogens with one attached hydrogen (secondary N) is 1. The molecule has 5 nitrogen and oxygen atoms in total. The summed E-state index contributed by atoms with van der Waals surface area (Å²) < 4.78 is 1.16. The Hall–Kier alpha value is -2.66. The molecular formula is C19H20N2O3. The van der Waals surface area contributed by atoms with Crippen molar-refractivity contribution in [3.8, 4) is 0 Å². The van der Waals surface area contributed by atoms with Crippen molar-refractivity contribution in [2.24, 2.45) is 0 Å². The van der Waals surface area contributed by atoms with Gasteiger partial charge in [-0.25, -0.2) is 4.79 Å². The van der Waals surface area contributed by atoms with E-state index >= 15 is 0 Å². The Kier molecular flexibility index (Phi) is 4.91. The topological polar surface area (TPSA) is 75.1 Å². The highest BCUT2D eigenvalue weighted by molar-refractivity contribution is 5.76. The quantitative estimate of drug-likeness (QED) is 0.729. The number of aliphatic hydroxyl groups is 1. The summed E-state index contributed by atoms with van der Waals surface area (Å²) in [7, 11) is 0. The van der Waals surface area contributed by atoms with Crippen molar-refractivity contribution in [3.05, 3.63) is 81.0 Å². The predicted octanol–water partition coefficient (Wildman–Crippen LogP) is 2.07. The fourth-order valence-corrected chi connectivity index (χ4v) is 2.80. The molecule has 0 amide bonds. The van der Waals surface area contributed by atoms with Gasteiger partial charge in [-0.2, -0.15) is 0 Å². The summed E-state index contributed by atoms with van der Waals surface area (Å²) in [5.41, 5.74) is 0.948.